The normalized spacial score (nSPS) is 17.2. The minimum absolute atomic E-state index is 0.376. The van der Waals surface area contributed by atoms with E-state index in [9.17, 15) is 0 Å². The van der Waals surface area contributed by atoms with Crippen LogP contribution in [0.4, 0.5) is 10.8 Å². The Labute approximate surface area is 133 Å². The molecule has 3 rings (SSSR count). The fourth-order valence-corrected chi connectivity index (χ4v) is 4.19. The quantitative estimate of drug-likeness (QED) is 0.885. The number of aromatic nitrogens is 2. The molecule has 5 nitrogen and oxygen atoms in total. The second-order valence-corrected chi connectivity index (χ2v) is 7.41. The van der Waals surface area contributed by atoms with Gasteiger partial charge in [0.25, 0.3) is 0 Å². The van der Waals surface area contributed by atoms with Crippen LogP contribution in [0.3, 0.4) is 0 Å². The number of likely N-dealkylation sites (tertiary alicyclic amines) is 1. The molecular formula is C14H21N5S2. The minimum Gasteiger partial charge on any atom is -0.382 e. The van der Waals surface area contributed by atoms with Crippen LogP contribution in [0.15, 0.2) is 5.38 Å². The number of hydrogen-bond acceptors (Lipinski definition) is 7. The van der Waals surface area contributed by atoms with Crippen molar-refractivity contribution >= 4 is 33.7 Å². The van der Waals surface area contributed by atoms with E-state index in [4.69, 9.17) is 5.73 Å². The highest BCUT2D eigenvalue weighted by Crippen LogP contribution is 2.37. The molecule has 114 valence electrons. The van der Waals surface area contributed by atoms with Crippen molar-refractivity contribution < 1.29 is 0 Å². The summed E-state index contributed by atoms with van der Waals surface area (Å²) in [5.41, 5.74) is 7.92. The first-order valence-electron chi connectivity index (χ1n) is 7.30. The van der Waals surface area contributed by atoms with Gasteiger partial charge in [-0.25, -0.2) is 4.98 Å². The summed E-state index contributed by atoms with van der Waals surface area (Å²) in [4.78, 5) is 7.05. The van der Waals surface area contributed by atoms with E-state index in [2.05, 4.69) is 26.5 Å². The zero-order valence-corrected chi connectivity index (χ0v) is 14.1. The third-order valence-electron chi connectivity index (χ3n) is 3.70. The molecule has 0 aliphatic carbocycles. The van der Waals surface area contributed by atoms with Crippen LogP contribution in [-0.4, -0.2) is 39.9 Å². The van der Waals surface area contributed by atoms with Crippen LogP contribution < -0.4 is 11.1 Å². The van der Waals surface area contributed by atoms with Gasteiger partial charge in [0.05, 0.1) is 16.3 Å². The largest absolute Gasteiger partial charge is 0.382 e. The van der Waals surface area contributed by atoms with Gasteiger partial charge in [-0.3, -0.25) is 0 Å². The van der Waals surface area contributed by atoms with Crippen LogP contribution in [-0.2, 0) is 0 Å². The second kappa shape index (κ2) is 6.29. The zero-order valence-electron chi connectivity index (χ0n) is 12.4. The summed E-state index contributed by atoms with van der Waals surface area (Å²) < 4.78 is 4.30. The van der Waals surface area contributed by atoms with Gasteiger partial charge in [0.2, 0.25) is 0 Å². The Kier molecular flexibility index (Phi) is 4.42. The van der Waals surface area contributed by atoms with Gasteiger partial charge < -0.3 is 16.0 Å². The summed E-state index contributed by atoms with van der Waals surface area (Å²) in [6, 6.07) is 0.376. The van der Waals surface area contributed by atoms with Gasteiger partial charge in [-0.15, -0.1) is 11.3 Å². The molecule has 0 spiro atoms. The van der Waals surface area contributed by atoms with Crippen LogP contribution in [0.5, 0.6) is 0 Å². The average molecular weight is 323 g/mol. The van der Waals surface area contributed by atoms with Gasteiger partial charge >= 0.3 is 0 Å². The molecule has 3 N–H and O–H groups in total. The fraction of sp³-hybridized carbons (Fsp3) is 0.571. The molecule has 0 radical (unpaired) electrons. The topological polar surface area (TPSA) is 67.1 Å². The van der Waals surface area contributed by atoms with E-state index in [1.165, 1.54) is 37.5 Å². The first kappa shape index (κ1) is 14.7. The van der Waals surface area contributed by atoms with Gasteiger partial charge in [0.15, 0.2) is 0 Å². The first-order valence-corrected chi connectivity index (χ1v) is 8.95. The maximum atomic E-state index is 6.04. The highest BCUT2D eigenvalue weighted by molar-refractivity contribution is 7.11. The number of hydrogen-bond donors (Lipinski definition) is 2. The lowest BCUT2D eigenvalue weighted by atomic mass is 10.2. The zero-order chi connectivity index (χ0) is 14.8. The van der Waals surface area contributed by atoms with Gasteiger partial charge in [-0.2, -0.15) is 4.37 Å². The van der Waals surface area contributed by atoms with Crippen molar-refractivity contribution in [3.8, 4) is 11.3 Å². The van der Waals surface area contributed by atoms with Crippen LogP contribution in [0, 0.1) is 6.92 Å². The van der Waals surface area contributed by atoms with E-state index in [1.54, 1.807) is 11.3 Å². The predicted octanol–water partition coefficient (Wildman–Crippen LogP) is 3.05. The molecule has 1 unspecified atom stereocenters. The molecule has 0 bridgehead atoms. The third-order valence-corrected chi connectivity index (χ3v) is 5.27. The number of nitrogens with zero attached hydrogens (tertiary/aromatic N) is 3. The summed E-state index contributed by atoms with van der Waals surface area (Å²) in [5, 5.41) is 7.69. The number of nitrogens with two attached hydrogens (primary N) is 1. The monoisotopic (exact) mass is 323 g/mol. The number of nitrogen functional groups attached to an aromatic ring is 1. The van der Waals surface area contributed by atoms with Gasteiger partial charge in [0.1, 0.15) is 10.8 Å². The molecule has 0 aromatic carbocycles. The molecule has 1 fully saturated rings. The minimum atomic E-state index is 0.376. The molecule has 2 aromatic heterocycles. The van der Waals surface area contributed by atoms with Crippen LogP contribution in [0.1, 0.15) is 24.8 Å². The van der Waals surface area contributed by atoms with Crippen molar-refractivity contribution in [3.63, 3.8) is 0 Å². The number of thiazole rings is 1. The van der Waals surface area contributed by atoms with Gasteiger partial charge in [-0.05, 0) is 51.3 Å². The lowest BCUT2D eigenvalue weighted by Gasteiger charge is -2.21. The molecule has 1 atom stereocenters. The third kappa shape index (κ3) is 3.36. The Balaban J connectivity index is 1.73. The molecule has 1 aliphatic heterocycles. The molecule has 1 aliphatic rings. The fourth-order valence-electron chi connectivity index (χ4n) is 2.75. The van der Waals surface area contributed by atoms with E-state index in [0.29, 0.717) is 11.9 Å². The van der Waals surface area contributed by atoms with Gasteiger partial charge in [-0.1, -0.05) is 0 Å². The molecule has 3 heterocycles. The number of nitrogens with one attached hydrogen (secondary N) is 1. The summed E-state index contributed by atoms with van der Waals surface area (Å²) in [6.07, 6.45) is 2.65. The first-order chi connectivity index (χ1) is 10.1. The SMILES string of the molecule is Cc1nc(-c2c(N)nsc2NC(C)CN2CCCC2)cs1. The van der Waals surface area contributed by atoms with Crippen molar-refractivity contribution in [2.75, 3.05) is 30.7 Å². The Bertz CT molecular complexity index is 600. The van der Waals surface area contributed by atoms with Crippen molar-refractivity contribution in [1.29, 1.82) is 0 Å². The summed E-state index contributed by atoms with van der Waals surface area (Å²) in [6.45, 7) is 7.72. The lowest BCUT2D eigenvalue weighted by Crippen LogP contribution is -2.32. The average Bonchev–Trinajstić information content (AvgIpc) is 3.13. The van der Waals surface area contributed by atoms with Crippen molar-refractivity contribution in [2.24, 2.45) is 0 Å². The smallest absolute Gasteiger partial charge is 0.148 e. The molecule has 7 heteroatoms. The van der Waals surface area contributed by atoms with E-state index in [1.807, 2.05) is 12.3 Å². The maximum absolute atomic E-state index is 6.04. The van der Waals surface area contributed by atoms with Crippen molar-refractivity contribution in [1.82, 2.24) is 14.3 Å². The highest BCUT2D eigenvalue weighted by Gasteiger charge is 2.19. The highest BCUT2D eigenvalue weighted by atomic mass is 32.1. The van der Waals surface area contributed by atoms with Crippen molar-refractivity contribution in [3.05, 3.63) is 10.4 Å². The van der Waals surface area contributed by atoms with E-state index >= 15 is 0 Å². The Morgan fingerprint density at radius 3 is 2.86 bits per heavy atom. The standard InChI is InChI=1S/C14H21N5S2/c1-9(7-19-5-3-4-6-19)16-14-12(13(15)18-21-14)11-8-20-10(2)17-11/h8-9,16H,3-7H2,1-2H3,(H2,15,18). The molecule has 0 amide bonds. The summed E-state index contributed by atoms with van der Waals surface area (Å²) in [7, 11) is 0. The molecule has 1 saturated heterocycles. The summed E-state index contributed by atoms with van der Waals surface area (Å²) in [5.74, 6) is 0.571. The molecule has 21 heavy (non-hydrogen) atoms. The van der Waals surface area contributed by atoms with E-state index < -0.39 is 0 Å². The Morgan fingerprint density at radius 2 is 2.19 bits per heavy atom. The van der Waals surface area contributed by atoms with Gasteiger partial charge in [0, 0.05) is 18.0 Å². The summed E-state index contributed by atoms with van der Waals surface area (Å²) >= 11 is 3.07. The Morgan fingerprint density at radius 1 is 1.43 bits per heavy atom. The van der Waals surface area contributed by atoms with Crippen LogP contribution in [0.2, 0.25) is 0 Å². The maximum Gasteiger partial charge on any atom is 0.148 e. The van der Waals surface area contributed by atoms with Crippen LogP contribution in [0.25, 0.3) is 11.3 Å². The van der Waals surface area contributed by atoms with E-state index in [-0.39, 0.29) is 0 Å². The second-order valence-electron chi connectivity index (χ2n) is 5.58. The lowest BCUT2D eigenvalue weighted by molar-refractivity contribution is 0.328. The number of aryl methyl sites for hydroxylation is 1. The molecule has 2 aromatic rings. The van der Waals surface area contributed by atoms with E-state index in [0.717, 1.165) is 27.8 Å². The van der Waals surface area contributed by atoms with Crippen LogP contribution >= 0.6 is 22.9 Å². The number of anilines is 2. The van der Waals surface area contributed by atoms with Crippen molar-refractivity contribution in [2.45, 2.75) is 32.7 Å². The predicted molar refractivity (Wildman–Crippen MR) is 91.1 cm³/mol. The molecule has 0 saturated carbocycles. The Hall–Kier alpha value is -1.18. The number of rotatable bonds is 5. The molecular weight excluding hydrogens is 302 g/mol.